The van der Waals surface area contributed by atoms with Crippen LogP contribution in [0, 0.1) is 0 Å². The zero-order chi connectivity index (χ0) is 20.9. The Bertz CT molecular complexity index is 959. The Morgan fingerprint density at radius 1 is 1.11 bits per heavy atom. The Kier molecular flexibility index (Phi) is 7.29. The standard InChI is InChI=1S/C19H23ClN2O5S/c1-5-22(6-2)28(24,25)15-9-7-8-14(12-15)21-19(23)13-10-16(20)18(27-4)17(11-13)26-3/h7-12H,5-6H2,1-4H3,(H,21,23). The number of nitrogens with one attached hydrogen (secondary N) is 1. The first-order valence-electron chi connectivity index (χ1n) is 8.61. The number of rotatable bonds is 8. The first-order valence-corrected chi connectivity index (χ1v) is 10.4. The maximum absolute atomic E-state index is 12.7. The highest BCUT2D eigenvalue weighted by Crippen LogP contribution is 2.36. The number of halogens is 1. The lowest BCUT2D eigenvalue weighted by Gasteiger charge is -2.19. The summed E-state index contributed by atoms with van der Waals surface area (Å²) in [6, 6.07) is 9.06. The molecule has 0 saturated heterocycles. The van der Waals surface area contributed by atoms with E-state index < -0.39 is 15.9 Å². The van der Waals surface area contributed by atoms with Crippen molar-refractivity contribution in [3.8, 4) is 11.5 Å². The molecule has 2 aromatic rings. The summed E-state index contributed by atoms with van der Waals surface area (Å²) in [5.74, 6) is 0.186. The van der Waals surface area contributed by atoms with E-state index in [9.17, 15) is 13.2 Å². The average molecular weight is 427 g/mol. The van der Waals surface area contributed by atoms with Crippen LogP contribution in [-0.2, 0) is 10.0 Å². The lowest BCUT2D eigenvalue weighted by molar-refractivity contribution is 0.102. The minimum atomic E-state index is -3.63. The second-order valence-electron chi connectivity index (χ2n) is 5.76. The van der Waals surface area contributed by atoms with Crippen LogP contribution in [0.1, 0.15) is 24.2 Å². The average Bonchev–Trinajstić information content (AvgIpc) is 2.68. The third-order valence-corrected chi connectivity index (χ3v) is 6.46. The summed E-state index contributed by atoms with van der Waals surface area (Å²) in [5, 5.41) is 2.91. The van der Waals surface area contributed by atoms with Gasteiger partial charge in [0.25, 0.3) is 5.91 Å². The molecule has 0 radical (unpaired) electrons. The maximum Gasteiger partial charge on any atom is 0.255 e. The van der Waals surface area contributed by atoms with Crippen LogP contribution in [0.25, 0.3) is 0 Å². The summed E-state index contributed by atoms with van der Waals surface area (Å²) in [5.41, 5.74) is 0.601. The maximum atomic E-state index is 12.7. The highest BCUT2D eigenvalue weighted by atomic mass is 35.5. The second-order valence-corrected chi connectivity index (χ2v) is 8.11. The molecule has 0 fully saturated rings. The van der Waals surface area contributed by atoms with Crippen molar-refractivity contribution in [2.45, 2.75) is 18.7 Å². The molecular weight excluding hydrogens is 404 g/mol. The van der Waals surface area contributed by atoms with Crippen molar-refractivity contribution in [1.82, 2.24) is 4.31 Å². The van der Waals surface area contributed by atoms with E-state index in [1.807, 2.05) is 0 Å². The first-order chi connectivity index (χ1) is 13.3. The highest BCUT2D eigenvalue weighted by Gasteiger charge is 2.22. The Hall–Kier alpha value is -2.29. The van der Waals surface area contributed by atoms with Gasteiger partial charge in [-0.2, -0.15) is 4.31 Å². The lowest BCUT2D eigenvalue weighted by Crippen LogP contribution is -2.30. The fourth-order valence-corrected chi connectivity index (χ4v) is 4.49. The molecule has 152 valence electrons. The third kappa shape index (κ3) is 4.57. The Morgan fingerprint density at radius 2 is 1.79 bits per heavy atom. The Labute approximate surface area is 170 Å². The fraction of sp³-hybridized carbons (Fsp3) is 0.316. The normalized spacial score (nSPS) is 11.4. The zero-order valence-corrected chi connectivity index (χ0v) is 17.7. The summed E-state index contributed by atoms with van der Waals surface area (Å²) >= 11 is 6.14. The van der Waals surface area contributed by atoms with E-state index in [0.29, 0.717) is 30.3 Å². The van der Waals surface area contributed by atoms with Gasteiger partial charge in [0.2, 0.25) is 10.0 Å². The van der Waals surface area contributed by atoms with Crippen LogP contribution in [-0.4, -0.2) is 45.9 Å². The molecule has 0 bridgehead atoms. The van der Waals surface area contributed by atoms with Gasteiger partial charge in [-0.15, -0.1) is 0 Å². The smallest absolute Gasteiger partial charge is 0.255 e. The van der Waals surface area contributed by atoms with E-state index in [0.717, 1.165) is 0 Å². The van der Waals surface area contributed by atoms with Gasteiger partial charge in [0, 0.05) is 24.3 Å². The molecule has 1 amide bonds. The summed E-state index contributed by atoms with van der Waals surface area (Å²) < 4.78 is 37.0. The molecule has 0 aliphatic carbocycles. The molecule has 0 unspecified atom stereocenters. The van der Waals surface area contributed by atoms with E-state index in [2.05, 4.69) is 5.32 Å². The van der Waals surface area contributed by atoms with E-state index in [1.54, 1.807) is 26.0 Å². The van der Waals surface area contributed by atoms with Crippen molar-refractivity contribution in [2.24, 2.45) is 0 Å². The van der Waals surface area contributed by atoms with Gasteiger partial charge in [-0.05, 0) is 30.3 Å². The Balaban J connectivity index is 2.32. The first kappa shape index (κ1) is 22.0. The highest BCUT2D eigenvalue weighted by molar-refractivity contribution is 7.89. The topological polar surface area (TPSA) is 84.9 Å². The van der Waals surface area contributed by atoms with Gasteiger partial charge in [0.1, 0.15) is 0 Å². The molecule has 7 nitrogen and oxygen atoms in total. The van der Waals surface area contributed by atoms with Crippen LogP contribution in [0.3, 0.4) is 0 Å². The largest absolute Gasteiger partial charge is 0.493 e. The quantitative estimate of drug-likeness (QED) is 0.696. The number of anilines is 1. The fourth-order valence-electron chi connectivity index (χ4n) is 2.70. The molecule has 2 rings (SSSR count). The predicted molar refractivity (Wildman–Crippen MR) is 109 cm³/mol. The molecule has 0 aliphatic heterocycles. The minimum Gasteiger partial charge on any atom is -0.493 e. The van der Waals surface area contributed by atoms with Gasteiger partial charge in [0.05, 0.1) is 24.1 Å². The molecule has 1 N–H and O–H groups in total. The molecule has 28 heavy (non-hydrogen) atoms. The van der Waals surface area contributed by atoms with Crippen molar-refractivity contribution >= 4 is 33.2 Å². The van der Waals surface area contributed by atoms with E-state index in [1.165, 1.54) is 42.8 Å². The molecular formula is C19H23ClN2O5S. The third-order valence-electron chi connectivity index (χ3n) is 4.13. The van der Waals surface area contributed by atoms with Crippen molar-refractivity contribution in [1.29, 1.82) is 0 Å². The van der Waals surface area contributed by atoms with E-state index in [-0.39, 0.29) is 15.5 Å². The van der Waals surface area contributed by atoms with Crippen LogP contribution >= 0.6 is 11.6 Å². The summed E-state index contributed by atoms with van der Waals surface area (Å²) in [7, 11) is -0.735. The van der Waals surface area contributed by atoms with Crippen LogP contribution < -0.4 is 14.8 Å². The molecule has 9 heteroatoms. The van der Waals surface area contributed by atoms with Crippen LogP contribution in [0.2, 0.25) is 5.02 Å². The number of methoxy groups -OCH3 is 2. The minimum absolute atomic E-state index is 0.111. The van der Waals surface area contributed by atoms with Crippen molar-refractivity contribution in [3.63, 3.8) is 0 Å². The monoisotopic (exact) mass is 426 g/mol. The van der Waals surface area contributed by atoms with Gasteiger partial charge >= 0.3 is 0 Å². The molecule has 0 heterocycles. The molecule has 0 atom stereocenters. The van der Waals surface area contributed by atoms with Crippen LogP contribution in [0.5, 0.6) is 11.5 Å². The lowest BCUT2D eigenvalue weighted by atomic mass is 10.1. The Morgan fingerprint density at radius 3 is 2.36 bits per heavy atom. The van der Waals surface area contributed by atoms with Crippen LogP contribution in [0.15, 0.2) is 41.3 Å². The van der Waals surface area contributed by atoms with Crippen LogP contribution in [0.4, 0.5) is 5.69 Å². The number of carbonyl (C=O) groups excluding carboxylic acids is 1. The van der Waals surface area contributed by atoms with Gasteiger partial charge < -0.3 is 14.8 Å². The number of amides is 1. The predicted octanol–water partition coefficient (Wildman–Crippen LogP) is 3.64. The van der Waals surface area contributed by atoms with Crippen molar-refractivity contribution in [2.75, 3.05) is 32.6 Å². The number of benzene rings is 2. The zero-order valence-electron chi connectivity index (χ0n) is 16.2. The molecule has 0 saturated carbocycles. The number of nitrogens with zero attached hydrogens (tertiary/aromatic N) is 1. The molecule has 0 aliphatic rings. The number of sulfonamides is 1. The summed E-state index contributed by atoms with van der Waals surface area (Å²) in [6.07, 6.45) is 0. The summed E-state index contributed by atoms with van der Waals surface area (Å²) in [4.78, 5) is 12.7. The van der Waals surface area contributed by atoms with Gasteiger partial charge in [-0.25, -0.2) is 8.42 Å². The molecule has 2 aromatic carbocycles. The van der Waals surface area contributed by atoms with Crippen molar-refractivity contribution < 1.29 is 22.7 Å². The molecule has 0 spiro atoms. The van der Waals surface area contributed by atoms with Gasteiger partial charge in [0.15, 0.2) is 11.5 Å². The summed E-state index contributed by atoms with van der Waals surface area (Å²) in [6.45, 7) is 4.26. The molecule has 0 aromatic heterocycles. The van der Waals surface area contributed by atoms with Crippen molar-refractivity contribution in [3.05, 3.63) is 47.0 Å². The number of hydrogen-bond acceptors (Lipinski definition) is 5. The van der Waals surface area contributed by atoms with Gasteiger partial charge in [-0.3, -0.25) is 4.79 Å². The number of carbonyl (C=O) groups is 1. The number of ether oxygens (including phenoxy) is 2. The van der Waals surface area contributed by atoms with Gasteiger partial charge in [-0.1, -0.05) is 31.5 Å². The van der Waals surface area contributed by atoms with E-state index >= 15 is 0 Å². The second kappa shape index (κ2) is 9.27. The number of hydrogen-bond donors (Lipinski definition) is 1. The SMILES string of the molecule is CCN(CC)S(=O)(=O)c1cccc(NC(=O)c2cc(Cl)c(OC)c(OC)c2)c1. The van der Waals surface area contributed by atoms with E-state index in [4.69, 9.17) is 21.1 Å².